The first kappa shape index (κ1) is 8.05. The molecule has 1 aromatic carbocycles. The molecule has 1 nitrogen and oxygen atoms in total. The van der Waals surface area contributed by atoms with Crippen LogP contribution >= 0.6 is 0 Å². The molecule has 0 N–H and O–H groups in total. The van der Waals surface area contributed by atoms with Crippen molar-refractivity contribution in [1.82, 2.24) is 4.98 Å². The number of rotatable bonds is 2. The Morgan fingerprint density at radius 2 is 1.38 bits per heavy atom. The lowest BCUT2D eigenvalue weighted by Gasteiger charge is -1.97. The fourth-order valence-corrected chi connectivity index (χ4v) is 1.33. The topological polar surface area (TPSA) is 12.9 Å². The highest BCUT2D eigenvalue weighted by molar-refractivity contribution is 6.67. The van der Waals surface area contributed by atoms with Crippen LogP contribution in [-0.2, 0) is 0 Å². The van der Waals surface area contributed by atoms with Gasteiger partial charge in [0, 0.05) is 12.4 Å². The third-order valence-corrected chi connectivity index (χ3v) is 2.00. The molecule has 0 amide bonds. The van der Waals surface area contributed by atoms with Crippen molar-refractivity contribution in [2.45, 2.75) is 0 Å². The second-order valence-electron chi connectivity index (χ2n) is 3.02. The fourth-order valence-electron chi connectivity index (χ4n) is 1.33. The van der Waals surface area contributed by atoms with E-state index in [0.29, 0.717) is 0 Å². The maximum atomic E-state index is 3.99. The number of aromatic nitrogens is 1. The van der Waals surface area contributed by atoms with Gasteiger partial charge in [-0.1, -0.05) is 41.3 Å². The Balaban J connectivity index is 2.16. The molecule has 62 valence electrons. The quantitative estimate of drug-likeness (QED) is 0.592. The summed E-state index contributed by atoms with van der Waals surface area (Å²) in [5.41, 5.74) is 2.65. The SMILES string of the molecule is B(c1ccccc1)c1ccncc1. The molecule has 0 unspecified atom stereocenters. The standard InChI is InChI=1S/C11H10BN/c1-2-4-10(5-3-1)12-11-6-8-13-9-7-11/h1-9,12H. The van der Waals surface area contributed by atoms with Crippen LogP contribution in [0, 0.1) is 0 Å². The predicted molar refractivity (Wildman–Crippen MR) is 57.1 cm³/mol. The molecule has 0 atom stereocenters. The van der Waals surface area contributed by atoms with Gasteiger partial charge >= 0.3 is 0 Å². The summed E-state index contributed by atoms with van der Waals surface area (Å²) in [6.45, 7) is 0. The molecule has 0 aliphatic rings. The largest absolute Gasteiger partial charge is 0.265 e. The third-order valence-electron chi connectivity index (χ3n) is 2.00. The van der Waals surface area contributed by atoms with Crippen molar-refractivity contribution in [2.24, 2.45) is 0 Å². The summed E-state index contributed by atoms with van der Waals surface area (Å²) in [5.74, 6) is 0. The number of nitrogens with zero attached hydrogens (tertiary/aromatic N) is 1. The van der Waals surface area contributed by atoms with Crippen LogP contribution in [-0.4, -0.2) is 12.3 Å². The molecule has 0 bridgehead atoms. The zero-order valence-corrected chi connectivity index (χ0v) is 7.35. The minimum Gasteiger partial charge on any atom is -0.265 e. The van der Waals surface area contributed by atoms with Crippen LogP contribution in [0.5, 0.6) is 0 Å². The van der Waals surface area contributed by atoms with E-state index in [0.717, 1.165) is 7.28 Å². The Labute approximate surface area is 78.7 Å². The van der Waals surface area contributed by atoms with Gasteiger partial charge in [0.15, 0.2) is 7.28 Å². The molecule has 2 rings (SSSR count). The van der Waals surface area contributed by atoms with Gasteiger partial charge in [0.2, 0.25) is 0 Å². The molecule has 0 fully saturated rings. The zero-order valence-electron chi connectivity index (χ0n) is 7.35. The number of pyridine rings is 1. The monoisotopic (exact) mass is 167 g/mol. The summed E-state index contributed by atoms with van der Waals surface area (Å²) < 4.78 is 0. The van der Waals surface area contributed by atoms with Gasteiger partial charge in [-0.2, -0.15) is 0 Å². The molecule has 0 aliphatic heterocycles. The van der Waals surface area contributed by atoms with Gasteiger partial charge in [-0.15, -0.1) is 0 Å². The van der Waals surface area contributed by atoms with Crippen LogP contribution in [0.3, 0.4) is 0 Å². The lowest BCUT2D eigenvalue weighted by atomic mass is 9.64. The first-order valence-electron chi connectivity index (χ1n) is 4.38. The highest BCUT2D eigenvalue weighted by atomic mass is 14.6. The molecule has 0 saturated heterocycles. The van der Waals surface area contributed by atoms with Crippen molar-refractivity contribution in [3.63, 3.8) is 0 Å². The lowest BCUT2D eigenvalue weighted by molar-refractivity contribution is 1.34. The molecule has 2 aromatic rings. The third kappa shape index (κ3) is 2.18. The molecule has 0 aliphatic carbocycles. The van der Waals surface area contributed by atoms with Crippen LogP contribution < -0.4 is 10.9 Å². The van der Waals surface area contributed by atoms with Gasteiger partial charge in [0.1, 0.15) is 0 Å². The molecule has 13 heavy (non-hydrogen) atoms. The predicted octanol–water partition coefficient (Wildman–Crippen LogP) is 0.469. The molecule has 1 heterocycles. The van der Waals surface area contributed by atoms with Gasteiger partial charge in [0.05, 0.1) is 0 Å². The lowest BCUT2D eigenvalue weighted by Crippen LogP contribution is -2.26. The Morgan fingerprint density at radius 3 is 2.08 bits per heavy atom. The van der Waals surface area contributed by atoms with Crippen molar-refractivity contribution in [3.05, 3.63) is 54.9 Å². The number of hydrogen-bond donors (Lipinski definition) is 0. The molecule has 0 radical (unpaired) electrons. The fraction of sp³-hybridized carbons (Fsp3) is 0. The molecule has 1 aromatic heterocycles. The van der Waals surface area contributed by atoms with Crippen molar-refractivity contribution in [1.29, 1.82) is 0 Å². The van der Waals surface area contributed by atoms with E-state index in [1.807, 2.05) is 30.6 Å². The summed E-state index contributed by atoms with van der Waals surface area (Å²) in [7, 11) is 0.989. The maximum Gasteiger partial charge on any atom is 0.192 e. The van der Waals surface area contributed by atoms with Gasteiger partial charge in [-0.05, 0) is 12.1 Å². The summed E-state index contributed by atoms with van der Waals surface area (Å²) in [4.78, 5) is 3.99. The normalized spacial score (nSPS) is 9.54. The van der Waals surface area contributed by atoms with Crippen LogP contribution in [0.25, 0.3) is 0 Å². The minimum atomic E-state index is 0.989. The van der Waals surface area contributed by atoms with E-state index >= 15 is 0 Å². The average molecular weight is 167 g/mol. The van der Waals surface area contributed by atoms with Gasteiger partial charge in [0.25, 0.3) is 0 Å². The second kappa shape index (κ2) is 3.90. The Kier molecular flexibility index (Phi) is 2.42. The number of hydrogen-bond acceptors (Lipinski definition) is 1. The van der Waals surface area contributed by atoms with Crippen LogP contribution in [0.2, 0.25) is 0 Å². The van der Waals surface area contributed by atoms with Gasteiger partial charge in [-0.25, -0.2) is 0 Å². The highest BCUT2D eigenvalue weighted by Gasteiger charge is 1.95. The summed E-state index contributed by atoms with van der Waals surface area (Å²) >= 11 is 0. The second-order valence-corrected chi connectivity index (χ2v) is 3.02. The summed E-state index contributed by atoms with van der Waals surface area (Å²) in [6, 6.07) is 14.5. The molecule has 0 spiro atoms. The summed E-state index contributed by atoms with van der Waals surface area (Å²) in [6.07, 6.45) is 3.66. The van der Waals surface area contributed by atoms with Crippen molar-refractivity contribution in [2.75, 3.05) is 0 Å². The van der Waals surface area contributed by atoms with Crippen LogP contribution in [0.15, 0.2) is 54.9 Å². The van der Waals surface area contributed by atoms with Gasteiger partial charge in [-0.3, -0.25) is 4.98 Å². The van der Waals surface area contributed by atoms with E-state index in [1.165, 1.54) is 10.9 Å². The molecule has 0 saturated carbocycles. The molecular formula is C11H10BN. The molecular weight excluding hydrogens is 157 g/mol. The van der Waals surface area contributed by atoms with Crippen LogP contribution in [0.4, 0.5) is 0 Å². The Morgan fingerprint density at radius 1 is 0.769 bits per heavy atom. The van der Waals surface area contributed by atoms with Crippen molar-refractivity contribution < 1.29 is 0 Å². The highest BCUT2D eigenvalue weighted by Crippen LogP contribution is 1.82. The van der Waals surface area contributed by atoms with E-state index in [9.17, 15) is 0 Å². The van der Waals surface area contributed by atoms with E-state index in [-0.39, 0.29) is 0 Å². The summed E-state index contributed by atoms with van der Waals surface area (Å²) in [5, 5.41) is 0. The van der Waals surface area contributed by atoms with Crippen molar-refractivity contribution in [3.8, 4) is 0 Å². The van der Waals surface area contributed by atoms with E-state index in [2.05, 4.69) is 29.2 Å². The average Bonchev–Trinajstić information content (AvgIpc) is 2.21. The van der Waals surface area contributed by atoms with Crippen molar-refractivity contribution >= 4 is 18.2 Å². The van der Waals surface area contributed by atoms with E-state index in [1.54, 1.807) is 0 Å². The first-order valence-corrected chi connectivity index (χ1v) is 4.38. The molecule has 2 heteroatoms. The Bertz CT molecular complexity index is 321. The smallest absolute Gasteiger partial charge is 0.192 e. The van der Waals surface area contributed by atoms with E-state index in [4.69, 9.17) is 0 Å². The maximum absolute atomic E-state index is 3.99. The minimum absolute atomic E-state index is 0.989. The Hall–Kier alpha value is -1.57. The first-order chi connectivity index (χ1) is 6.45. The van der Waals surface area contributed by atoms with E-state index < -0.39 is 0 Å². The van der Waals surface area contributed by atoms with Gasteiger partial charge < -0.3 is 0 Å². The zero-order chi connectivity index (χ0) is 8.93. The number of benzene rings is 1. The van der Waals surface area contributed by atoms with Crippen LogP contribution in [0.1, 0.15) is 0 Å².